The fourth-order valence-corrected chi connectivity index (χ4v) is 7.16. The summed E-state index contributed by atoms with van der Waals surface area (Å²) in [6, 6.07) is 71.7. The Kier molecular flexibility index (Phi) is 9.41. The third kappa shape index (κ3) is 7.78. The molecule has 0 saturated carbocycles. The van der Waals surface area contributed by atoms with E-state index in [0.717, 1.165) is 33.8 Å². The Balaban J connectivity index is 0.987. The van der Waals surface area contributed by atoms with Crippen LogP contribution in [0.25, 0.3) is 68.8 Å². The maximum atomic E-state index is 2.32. The van der Waals surface area contributed by atoms with Gasteiger partial charge < -0.3 is 4.90 Å². The van der Waals surface area contributed by atoms with Crippen molar-refractivity contribution in [1.29, 1.82) is 0 Å². The summed E-state index contributed by atoms with van der Waals surface area (Å²) in [4.78, 5) is 2.32. The van der Waals surface area contributed by atoms with Gasteiger partial charge in [-0.25, -0.2) is 0 Å². The van der Waals surface area contributed by atoms with Gasteiger partial charge >= 0.3 is 0 Å². The predicted octanol–water partition coefficient (Wildman–Crippen LogP) is 15.1. The van der Waals surface area contributed by atoms with Gasteiger partial charge in [0.15, 0.2) is 0 Å². The molecule has 0 N–H and O–H groups in total. The Morgan fingerprint density at radius 1 is 0.218 bits per heavy atom. The molecule has 0 aliphatic carbocycles. The third-order valence-electron chi connectivity index (χ3n) is 10.2. The van der Waals surface area contributed by atoms with Crippen LogP contribution in [0.1, 0.15) is 33.4 Å². The van der Waals surface area contributed by atoms with Gasteiger partial charge in [-0.05, 0) is 120 Å². The van der Waals surface area contributed by atoms with Crippen molar-refractivity contribution >= 4 is 85.8 Å². The summed E-state index contributed by atoms with van der Waals surface area (Å²) in [7, 11) is 0. The van der Waals surface area contributed by atoms with Gasteiger partial charge in [-0.15, -0.1) is 0 Å². The molecule has 0 aromatic heterocycles. The number of fused-ring (bicyclic) bond motifs is 3. The van der Waals surface area contributed by atoms with Gasteiger partial charge in [0.05, 0.1) is 0 Å². The van der Waals surface area contributed by atoms with Gasteiger partial charge in [-0.3, -0.25) is 0 Å². The summed E-state index contributed by atoms with van der Waals surface area (Å²) < 4.78 is 0. The first kappa shape index (κ1) is 33.6. The highest BCUT2D eigenvalue weighted by Crippen LogP contribution is 2.35. The summed E-state index contributed by atoms with van der Waals surface area (Å²) in [6.45, 7) is 0. The fourth-order valence-electron chi connectivity index (χ4n) is 7.16. The Hall–Kier alpha value is -7.22. The van der Waals surface area contributed by atoms with Gasteiger partial charge in [-0.1, -0.05) is 182 Å². The van der Waals surface area contributed by atoms with E-state index in [4.69, 9.17) is 0 Å². The lowest BCUT2D eigenvalue weighted by Crippen LogP contribution is -2.09. The number of benzene rings is 9. The van der Waals surface area contributed by atoms with Crippen LogP contribution < -0.4 is 4.90 Å². The average molecular weight is 702 g/mol. The van der Waals surface area contributed by atoms with Gasteiger partial charge in [0, 0.05) is 17.1 Å². The van der Waals surface area contributed by atoms with Crippen LogP contribution in [0.15, 0.2) is 200 Å². The second-order valence-electron chi connectivity index (χ2n) is 13.9. The Morgan fingerprint density at radius 3 is 0.745 bits per heavy atom. The number of hydrogen-bond acceptors (Lipinski definition) is 1. The molecule has 0 saturated heterocycles. The average Bonchev–Trinajstić information content (AvgIpc) is 3.25. The maximum absolute atomic E-state index is 2.32. The van der Waals surface area contributed by atoms with Crippen molar-refractivity contribution in [1.82, 2.24) is 0 Å². The number of rotatable bonds is 9. The number of hydrogen-bond donors (Lipinski definition) is 0. The van der Waals surface area contributed by atoms with E-state index in [1.165, 1.54) is 49.0 Å². The van der Waals surface area contributed by atoms with Crippen LogP contribution in [0.2, 0.25) is 0 Å². The van der Waals surface area contributed by atoms with Gasteiger partial charge in [0.1, 0.15) is 0 Å². The van der Waals surface area contributed by atoms with Gasteiger partial charge in [-0.2, -0.15) is 0 Å². The molecule has 0 amide bonds. The SMILES string of the molecule is C(=Cc1ccc2ccccc2c1)c1ccc(N(c2ccc(C=Cc3ccc4ccccc4c3)cc2)c2ccc(C=Cc3ccc4ccccc4c3)cc2)cc1. The smallest absolute Gasteiger partial charge is 0.0462 e. The van der Waals surface area contributed by atoms with Crippen LogP contribution in [-0.4, -0.2) is 0 Å². The lowest BCUT2D eigenvalue weighted by molar-refractivity contribution is 1.28. The van der Waals surface area contributed by atoms with Gasteiger partial charge in [0.25, 0.3) is 0 Å². The molecule has 1 heteroatoms. The van der Waals surface area contributed by atoms with Crippen molar-refractivity contribution in [2.24, 2.45) is 0 Å². The summed E-state index contributed by atoms with van der Waals surface area (Å²) in [5, 5.41) is 7.52. The van der Waals surface area contributed by atoms with Crippen molar-refractivity contribution in [3.63, 3.8) is 0 Å². The second kappa shape index (κ2) is 15.4. The number of nitrogens with zero attached hydrogens (tertiary/aromatic N) is 1. The zero-order valence-electron chi connectivity index (χ0n) is 30.5. The van der Waals surface area contributed by atoms with Crippen LogP contribution in [0.4, 0.5) is 17.1 Å². The Morgan fingerprint density at radius 2 is 0.455 bits per heavy atom. The van der Waals surface area contributed by atoms with E-state index in [2.05, 4.69) is 242 Å². The van der Waals surface area contributed by atoms with E-state index >= 15 is 0 Å². The van der Waals surface area contributed by atoms with Crippen LogP contribution in [0.3, 0.4) is 0 Å². The van der Waals surface area contributed by atoms with E-state index < -0.39 is 0 Å². The molecule has 0 aliphatic rings. The topological polar surface area (TPSA) is 3.24 Å². The summed E-state index contributed by atoms with van der Waals surface area (Å²) in [5.74, 6) is 0. The predicted molar refractivity (Wildman–Crippen MR) is 240 cm³/mol. The first-order valence-electron chi connectivity index (χ1n) is 18.8. The maximum Gasteiger partial charge on any atom is 0.0462 e. The minimum atomic E-state index is 1.10. The molecular formula is C54H39N. The monoisotopic (exact) mass is 701 g/mol. The van der Waals surface area contributed by atoms with E-state index in [0.29, 0.717) is 0 Å². The van der Waals surface area contributed by atoms with E-state index in [1.807, 2.05) is 0 Å². The lowest BCUT2D eigenvalue weighted by Gasteiger charge is -2.26. The molecule has 0 aliphatic heterocycles. The molecule has 0 spiro atoms. The largest absolute Gasteiger partial charge is 0.311 e. The molecule has 9 rings (SSSR count). The molecule has 0 heterocycles. The molecule has 9 aromatic rings. The zero-order valence-corrected chi connectivity index (χ0v) is 30.5. The standard InChI is InChI=1S/C54H39N/c1-4-10-49-37-43(19-28-46(49)7-1)16-13-40-22-31-52(32-23-40)55(53-33-24-41(25-34-53)14-17-44-20-29-47-8-2-5-11-50(47)38-44)54-35-26-42(27-36-54)15-18-45-21-30-48-9-3-6-12-51(48)39-45/h1-39H. The minimum absolute atomic E-state index is 1.10. The molecular weight excluding hydrogens is 663 g/mol. The highest BCUT2D eigenvalue weighted by molar-refractivity contribution is 5.89. The Labute approximate surface area is 323 Å². The molecule has 0 unspecified atom stereocenters. The van der Waals surface area contributed by atoms with Crippen molar-refractivity contribution in [3.8, 4) is 0 Å². The normalized spacial score (nSPS) is 11.8. The second-order valence-corrected chi connectivity index (χ2v) is 13.9. The lowest BCUT2D eigenvalue weighted by atomic mass is 10.0. The quantitative estimate of drug-likeness (QED) is 0.135. The molecule has 0 radical (unpaired) electrons. The molecule has 55 heavy (non-hydrogen) atoms. The molecule has 0 fully saturated rings. The van der Waals surface area contributed by atoms with Crippen molar-refractivity contribution in [2.75, 3.05) is 4.90 Å². The van der Waals surface area contributed by atoms with Crippen molar-refractivity contribution in [3.05, 3.63) is 234 Å². The van der Waals surface area contributed by atoms with Crippen LogP contribution >= 0.6 is 0 Å². The van der Waals surface area contributed by atoms with E-state index in [9.17, 15) is 0 Å². The minimum Gasteiger partial charge on any atom is -0.311 e. The van der Waals surface area contributed by atoms with Gasteiger partial charge in [0.2, 0.25) is 0 Å². The molecule has 0 bridgehead atoms. The van der Waals surface area contributed by atoms with Crippen LogP contribution in [0, 0.1) is 0 Å². The zero-order chi connectivity index (χ0) is 36.8. The Bertz CT molecular complexity index is 2520. The van der Waals surface area contributed by atoms with E-state index in [1.54, 1.807) is 0 Å². The molecule has 260 valence electrons. The highest BCUT2D eigenvalue weighted by atomic mass is 15.1. The molecule has 9 aromatic carbocycles. The highest BCUT2D eigenvalue weighted by Gasteiger charge is 2.12. The van der Waals surface area contributed by atoms with Crippen LogP contribution in [0.5, 0.6) is 0 Å². The molecule has 1 nitrogen and oxygen atoms in total. The summed E-state index contributed by atoms with van der Waals surface area (Å²) >= 11 is 0. The number of anilines is 3. The first-order valence-corrected chi connectivity index (χ1v) is 18.8. The third-order valence-corrected chi connectivity index (χ3v) is 10.2. The first-order chi connectivity index (χ1) is 27.2. The van der Waals surface area contributed by atoms with Crippen molar-refractivity contribution < 1.29 is 0 Å². The van der Waals surface area contributed by atoms with Crippen LogP contribution in [-0.2, 0) is 0 Å². The summed E-state index contributed by atoms with van der Waals surface area (Å²) in [6.07, 6.45) is 13.1. The van der Waals surface area contributed by atoms with E-state index in [-0.39, 0.29) is 0 Å². The summed E-state index contributed by atoms with van der Waals surface area (Å²) in [5.41, 5.74) is 10.3. The fraction of sp³-hybridized carbons (Fsp3) is 0. The van der Waals surface area contributed by atoms with Crippen molar-refractivity contribution in [2.45, 2.75) is 0 Å². The molecule has 0 atom stereocenters.